The van der Waals surface area contributed by atoms with Gasteiger partial charge in [0.25, 0.3) is 5.91 Å². The van der Waals surface area contributed by atoms with E-state index < -0.39 is 9.84 Å². The third-order valence-corrected chi connectivity index (χ3v) is 4.18. The number of anilines is 1. The minimum atomic E-state index is -3.26. The Hall–Kier alpha value is -1.66. The van der Waals surface area contributed by atoms with E-state index in [2.05, 4.69) is 10.6 Å². The number of carbonyl (C=O) groups is 1. The highest BCUT2D eigenvalue weighted by Gasteiger charge is 2.16. The van der Waals surface area contributed by atoms with Crippen molar-refractivity contribution >= 4 is 21.4 Å². The van der Waals surface area contributed by atoms with E-state index in [0.717, 1.165) is 24.9 Å². The normalized spacial score (nSPS) is 14.7. The first-order chi connectivity index (χ1) is 8.88. The van der Waals surface area contributed by atoms with Crippen LogP contribution in [0.15, 0.2) is 40.3 Å². The van der Waals surface area contributed by atoms with Crippen molar-refractivity contribution in [1.29, 1.82) is 0 Å². The van der Waals surface area contributed by atoms with Gasteiger partial charge in [0.15, 0.2) is 9.84 Å². The molecular formula is C13H16N2O3S. The predicted octanol–water partition coefficient (Wildman–Crippen LogP) is 0.948. The van der Waals surface area contributed by atoms with Gasteiger partial charge >= 0.3 is 0 Å². The number of rotatable bonds is 3. The summed E-state index contributed by atoms with van der Waals surface area (Å²) in [4.78, 5) is 12.2. The van der Waals surface area contributed by atoms with Crippen LogP contribution in [0.2, 0.25) is 0 Å². The molecule has 1 aliphatic rings. The SMILES string of the molecule is CC(C(=O)Nc1cccc(S(C)(=O)=O)c1)=C1CNC1. The molecule has 19 heavy (non-hydrogen) atoms. The van der Waals surface area contributed by atoms with Gasteiger partial charge in [0, 0.05) is 30.6 Å². The van der Waals surface area contributed by atoms with Gasteiger partial charge in [-0.2, -0.15) is 0 Å². The largest absolute Gasteiger partial charge is 0.322 e. The number of benzene rings is 1. The summed E-state index contributed by atoms with van der Waals surface area (Å²) in [6, 6.07) is 6.25. The molecule has 0 atom stereocenters. The molecule has 0 radical (unpaired) electrons. The minimum absolute atomic E-state index is 0.192. The van der Waals surface area contributed by atoms with Crippen LogP contribution in [-0.2, 0) is 14.6 Å². The fourth-order valence-corrected chi connectivity index (χ4v) is 2.37. The maximum absolute atomic E-state index is 12.0. The van der Waals surface area contributed by atoms with E-state index >= 15 is 0 Å². The summed E-state index contributed by atoms with van der Waals surface area (Å²) in [5.74, 6) is -0.192. The van der Waals surface area contributed by atoms with Crippen molar-refractivity contribution in [2.45, 2.75) is 11.8 Å². The summed E-state index contributed by atoms with van der Waals surface area (Å²) in [5, 5.41) is 5.79. The summed E-state index contributed by atoms with van der Waals surface area (Å²) in [6.07, 6.45) is 1.14. The topological polar surface area (TPSA) is 75.3 Å². The summed E-state index contributed by atoms with van der Waals surface area (Å²) in [6.45, 7) is 3.25. The molecule has 0 aromatic heterocycles. The van der Waals surface area contributed by atoms with Crippen LogP contribution in [0.5, 0.6) is 0 Å². The average Bonchev–Trinajstić information content (AvgIpc) is 2.25. The van der Waals surface area contributed by atoms with Crippen molar-refractivity contribution in [2.75, 3.05) is 24.7 Å². The first kappa shape index (κ1) is 13.8. The maximum atomic E-state index is 12.0. The summed E-state index contributed by atoms with van der Waals surface area (Å²) >= 11 is 0. The molecule has 2 N–H and O–H groups in total. The van der Waals surface area contributed by atoms with Crippen molar-refractivity contribution in [1.82, 2.24) is 5.32 Å². The van der Waals surface area contributed by atoms with Crippen LogP contribution in [0.1, 0.15) is 6.92 Å². The molecule has 0 unspecified atom stereocenters. The molecule has 1 amide bonds. The molecule has 1 aromatic carbocycles. The van der Waals surface area contributed by atoms with Crippen LogP contribution in [0.4, 0.5) is 5.69 Å². The van der Waals surface area contributed by atoms with Crippen LogP contribution in [0.25, 0.3) is 0 Å². The lowest BCUT2D eigenvalue weighted by Gasteiger charge is -2.21. The Bertz CT molecular complexity index is 642. The lowest BCUT2D eigenvalue weighted by Crippen LogP contribution is -2.36. The van der Waals surface area contributed by atoms with Crippen LogP contribution in [-0.4, -0.2) is 33.7 Å². The Kier molecular flexibility index (Phi) is 3.73. The van der Waals surface area contributed by atoms with Crippen molar-refractivity contribution in [2.24, 2.45) is 0 Å². The molecule has 0 bridgehead atoms. The summed E-state index contributed by atoms with van der Waals surface area (Å²) < 4.78 is 22.9. The first-order valence-electron chi connectivity index (χ1n) is 5.89. The van der Waals surface area contributed by atoms with E-state index in [-0.39, 0.29) is 10.8 Å². The van der Waals surface area contributed by atoms with E-state index in [0.29, 0.717) is 11.3 Å². The maximum Gasteiger partial charge on any atom is 0.251 e. The van der Waals surface area contributed by atoms with Gasteiger partial charge in [-0.3, -0.25) is 4.79 Å². The zero-order valence-electron chi connectivity index (χ0n) is 10.9. The van der Waals surface area contributed by atoms with Crippen molar-refractivity contribution in [3.63, 3.8) is 0 Å². The van der Waals surface area contributed by atoms with Crippen molar-refractivity contribution in [3.05, 3.63) is 35.4 Å². The molecule has 6 heteroatoms. The van der Waals surface area contributed by atoms with Gasteiger partial charge in [0.2, 0.25) is 0 Å². The molecule has 5 nitrogen and oxygen atoms in total. The molecular weight excluding hydrogens is 264 g/mol. The first-order valence-corrected chi connectivity index (χ1v) is 7.78. The van der Waals surface area contributed by atoms with E-state index in [9.17, 15) is 13.2 Å². The quantitative estimate of drug-likeness (QED) is 0.808. The molecule has 2 rings (SSSR count). The molecule has 1 aromatic rings. The van der Waals surface area contributed by atoms with Crippen LogP contribution in [0.3, 0.4) is 0 Å². The molecule has 0 spiro atoms. The third-order valence-electron chi connectivity index (χ3n) is 3.07. The zero-order valence-corrected chi connectivity index (χ0v) is 11.7. The van der Waals surface area contributed by atoms with Gasteiger partial charge in [-0.1, -0.05) is 6.07 Å². The van der Waals surface area contributed by atoms with Gasteiger partial charge in [0.1, 0.15) is 0 Å². The fraction of sp³-hybridized carbons (Fsp3) is 0.308. The highest BCUT2D eigenvalue weighted by molar-refractivity contribution is 7.90. The van der Waals surface area contributed by atoms with Gasteiger partial charge in [-0.05, 0) is 30.7 Å². The third kappa shape index (κ3) is 3.21. The molecule has 0 aliphatic carbocycles. The lowest BCUT2D eigenvalue weighted by molar-refractivity contribution is -0.112. The molecule has 1 aliphatic heterocycles. The number of hydrogen-bond acceptors (Lipinski definition) is 4. The fourth-order valence-electron chi connectivity index (χ4n) is 1.71. The Labute approximate surface area is 112 Å². The van der Waals surface area contributed by atoms with E-state index in [1.165, 1.54) is 12.1 Å². The monoisotopic (exact) mass is 280 g/mol. The van der Waals surface area contributed by atoms with Crippen molar-refractivity contribution < 1.29 is 13.2 Å². The Morgan fingerprint density at radius 1 is 1.32 bits per heavy atom. The van der Waals surface area contributed by atoms with Gasteiger partial charge < -0.3 is 10.6 Å². The number of hydrogen-bond donors (Lipinski definition) is 2. The number of carbonyl (C=O) groups excluding carboxylic acids is 1. The Morgan fingerprint density at radius 2 is 2.00 bits per heavy atom. The smallest absolute Gasteiger partial charge is 0.251 e. The Morgan fingerprint density at radius 3 is 2.53 bits per heavy atom. The summed E-state index contributed by atoms with van der Waals surface area (Å²) in [5.41, 5.74) is 2.25. The molecule has 1 fully saturated rings. The van der Waals surface area contributed by atoms with Crippen molar-refractivity contribution in [3.8, 4) is 0 Å². The summed E-state index contributed by atoms with van der Waals surface area (Å²) in [7, 11) is -3.26. The number of nitrogens with one attached hydrogen (secondary N) is 2. The number of sulfone groups is 1. The second-order valence-corrected chi connectivity index (χ2v) is 6.60. The van der Waals surface area contributed by atoms with E-state index in [4.69, 9.17) is 0 Å². The highest BCUT2D eigenvalue weighted by atomic mass is 32.2. The molecule has 1 saturated heterocycles. The molecule has 102 valence electrons. The Balaban J connectivity index is 2.18. The second kappa shape index (κ2) is 5.14. The molecule has 0 saturated carbocycles. The van der Waals surface area contributed by atoms with Gasteiger partial charge in [-0.15, -0.1) is 0 Å². The van der Waals surface area contributed by atoms with Crippen LogP contribution >= 0.6 is 0 Å². The van der Waals surface area contributed by atoms with Crippen LogP contribution < -0.4 is 10.6 Å². The van der Waals surface area contributed by atoms with E-state index in [1.54, 1.807) is 19.1 Å². The highest BCUT2D eigenvalue weighted by Crippen LogP contribution is 2.17. The van der Waals surface area contributed by atoms with Gasteiger partial charge in [-0.25, -0.2) is 8.42 Å². The minimum Gasteiger partial charge on any atom is -0.322 e. The van der Waals surface area contributed by atoms with Gasteiger partial charge in [0.05, 0.1) is 4.90 Å². The average molecular weight is 280 g/mol. The second-order valence-electron chi connectivity index (χ2n) is 4.59. The predicted molar refractivity (Wildman–Crippen MR) is 73.8 cm³/mol. The number of amides is 1. The van der Waals surface area contributed by atoms with E-state index in [1.807, 2.05) is 0 Å². The molecule has 1 heterocycles. The lowest BCUT2D eigenvalue weighted by atomic mass is 10.0. The van der Waals surface area contributed by atoms with Crippen LogP contribution in [0, 0.1) is 0 Å². The zero-order chi connectivity index (χ0) is 14.0. The standard InChI is InChI=1S/C13H16N2O3S/c1-9(10-7-14-8-10)13(16)15-11-4-3-5-12(6-11)19(2,17)18/h3-6,14H,7-8H2,1-2H3,(H,15,16).